The van der Waals surface area contributed by atoms with Gasteiger partial charge in [0.2, 0.25) is 0 Å². The largest absolute Gasteiger partial charge is 0.488 e. The van der Waals surface area contributed by atoms with Gasteiger partial charge in [-0.1, -0.05) is 12.1 Å². The van der Waals surface area contributed by atoms with E-state index in [-0.39, 0.29) is 30.1 Å². The summed E-state index contributed by atoms with van der Waals surface area (Å²) in [5.74, 6) is 1.68. The zero-order valence-electron chi connectivity index (χ0n) is 16.7. The predicted octanol–water partition coefficient (Wildman–Crippen LogP) is 3.80. The fourth-order valence-electron chi connectivity index (χ4n) is 2.84. The Kier molecular flexibility index (Phi) is 9.46. The highest BCUT2D eigenvalue weighted by Gasteiger charge is 2.18. The molecule has 8 heteroatoms. The van der Waals surface area contributed by atoms with E-state index in [0.29, 0.717) is 19.7 Å². The van der Waals surface area contributed by atoms with Crippen molar-refractivity contribution in [3.63, 3.8) is 0 Å². The van der Waals surface area contributed by atoms with Crippen LogP contribution in [0.15, 0.2) is 29.4 Å². The Bertz CT molecular complexity index is 775. The molecule has 0 aliphatic carbocycles. The van der Waals surface area contributed by atoms with Crippen LogP contribution in [-0.2, 0) is 17.8 Å². The van der Waals surface area contributed by atoms with Crippen LogP contribution in [0, 0.1) is 13.8 Å². The Hall–Kier alpha value is -1.39. The number of thiazole rings is 1. The number of guanidine groups is 1. The number of rotatable bonds is 7. The van der Waals surface area contributed by atoms with E-state index in [1.165, 1.54) is 10.4 Å². The molecule has 0 amide bonds. The van der Waals surface area contributed by atoms with Gasteiger partial charge in [-0.15, -0.1) is 35.3 Å². The lowest BCUT2D eigenvalue weighted by molar-refractivity contribution is 0.140. The van der Waals surface area contributed by atoms with Crippen LogP contribution in [-0.4, -0.2) is 36.8 Å². The van der Waals surface area contributed by atoms with Crippen molar-refractivity contribution in [2.24, 2.45) is 4.99 Å². The molecule has 0 radical (unpaired) electrons. The van der Waals surface area contributed by atoms with Crippen molar-refractivity contribution in [2.75, 3.05) is 19.8 Å². The van der Waals surface area contributed by atoms with Gasteiger partial charge >= 0.3 is 0 Å². The summed E-state index contributed by atoms with van der Waals surface area (Å²) in [7, 11) is 0. The molecule has 2 heterocycles. The maximum absolute atomic E-state index is 6.17. The lowest BCUT2D eigenvalue weighted by atomic mass is 10.1. The van der Waals surface area contributed by atoms with Crippen molar-refractivity contribution in [2.45, 2.75) is 46.4 Å². The average Bonchev–Trinajstić information content (AvgIpc) is 3.30. The van der Waals surface area contributed by atoms with Crippen LogP contribution in [0.2, 0.25) is 0 Å². The Morgan fingerprint density at radius 3 is 2.89 bits per heavy atom. The minimum atomic E-state index is 0. The van der Waals surface area contributed by atoms with E-state index in [1.807, 2.05) is 6.20 Å². The number of nitrogens with one attached hydrogen (secondary N) is 2. The van der Waals surface area contributed by atoms with Crippen LogP contribution in [0.1, 0.15) is 34.4 Å². The zero-order valence-corrected chi connectivity index (χ0v) is 19.8. The molecule has 2 N–H and O–H groups in total. The second kappa shape index (κ2) is 11.6. The Balaban J connectivity index is 0.00000280. The molecule has 1 saturated heterocycles. The Morgan fingerprint density at radius 1 is 1.36 bits per heavy atom. The standard InChI is InChI=1S/C20H28N4O2S.HI/c1-4-21-20(24-12-19-22-10-15(3)27-19)23-11-16-6-5-14(2)9-18(16)26-17-7-8-25-13-17;/h5-6,9-10,17H,4,7-8,11-13H2,1-3H3,(H2,21,23,24);1H. The molecule has 1 aromatic carbocycles. The molecule has 1 aliphatic heterocycles. The monoisotopic (exact) mass is 516 g/mol. The zero-order chi connectivity index (χ0) is 19.1. The summed E-state index contributed by atoms with van der Waals surface area (Å²) in [6.45, 7) is 9.66. The number of nitrogens with zero attached hydrogens (tertiary/aromatic N) is 2. The molecule has 154 valence electrons. The normalized spacial score (nSPS) is 16.5. The van der Waals surface area contributed by atoms with Gasteiger partial charge in [0.1, 0.15) is 16.9 Å². The quantitative estimate of drug-likeness (QED) is 0.333. The van der Waals surface area contributed by atoms with E-state index in [1.54, 1.807) is 11.3 Å². The van der Waals surface area contributed by atoms with E-state index >= 15 is 0 Å². The summed E-state index contributed by atoms with van der Waals surface area (Å²) in [4.78, 5) is 10.3. The molecule has 1 aromatic heterocycles. The molecule has 1 unspecified atom stereocenters. The van der Waals surface area contributed by atoms with E-state index in [0.717, 1.165) is 41.9 Å². The van der Waals surface area contributed by atoms with Gasteiger partial charge in [-0.2, -0.15) is 0 Å². The second-order valence-electron chi connectivity index (χ2n) is 6.63. The first-order valence-electron chi connectivity index (χ1n) is 9.41. The molecule has 3 rings (SSSR count). The summed E-state index contributed by atoms with van der Waals surface area (Å²) in [5.41, 5.74) is 2.26. The van der Waals surface area contributed by atoms with Crippen LogP contribution in [0.3, 0.4) is 0 Å². The van der Waals surface area contributed by atoms with Gasteiger partial charge in [0.25, 0.3) is 0 Å². The predicted molar refractivity (Wildman–Crippen MR) is 125 cm³/mol. The third-order valence-corrected chi connectivity index (χ3v) is 5.14. The number of aryl methyl sites for hydroxylation is 2. The Labute approximate surface area is 188 Å². The fourth-order valence-corrected chi connectivity index (χ4v) is 3.56. The molecule has 0 saturated carbocycles. The van der Waals surface area contributed by atoms with Gasteiger partial charge in [-0.05, 0) is 32.4 Å². The van der Waals surface area contributed by atoms with E-state index in [9.17, 15) is 0 Å². The molecule has 1 fully saturated rings. The van der Waals surface area contributed by atoms with Crippen molar-refractivity contribution >= 4 is 41.3 Å². The highest BCUT2D eigenvalue weighted by Crippen LogP contribution is 2.24. The van der Waals surface area contributed by atoms with Crippen LogP contribution in [0.5, 0.6) is 5.75 Å². The van der Waals surface area contributed by atoms with E-state index in [2.05, 4.69) is 54.6 Å². The number of aliphatic imine (C=N–C) groups is 1. The van der Waals surface area contributed by atoms with Crippen molar-refractivity contribution in [3.8, 4) is 5.75 Å². The van der Waals surface area contributed by atoms with E-state index < -0.39 is 0 Å². The SMILES string of the molecule is CCNC(=NCc1ccc(C)cc1OC1CCOC1)NCc1ncc(C)s1.I. The van der Waals surface area contributed by atoms with Gasteiger partial charge in [-0.3, -0.25) is 0 Å². The topological polar surface area (TPSA) is 67.8 Å². The third kappa shape index (κ3) is 6.89. The molecule has 1 atom stereocenters. The molecule has 0 bridgehead atoms. The molecule has 6 nitrogen and oxygen atoms in total. The van der Waals surface area contributed by atoms with Crippen molar-refractivity contribution in [1.29, 1.82) is 0 Å². The van der Waals surface area contributed by atoms with Crippen molar-refractivity contribution < 1.29 is 9.47 Å². The number of hydrogen-bond acceptors (Lipinski definition) is 5. The van der Waals surface area contributed by atoms with Gasteiger partial charge < -0.3 is 20.1 Å². The molecule has 0 spiro atoms. The van der Waals surface area contributed by atoms with E-state index in [4.69, 9.17) is 14.5 Å². The molecule has 2 aromatic rings. The third-order valence-electron chi connectivity index (χ3n) is 4.23. The highest BCUT2D eigenvalue weighted by molar-refractivity contribution is 14.0. The van der Waals surface area contributed by atoms with Crippen LogP contribution in [0.4, 0.5) is 0 Å². The Morgan fingerprint density at radius 2 is 2.21 bits per heavy atom. The van der Waals surface area contributed by atoms with Gasteiger partial charge in [0, 0.05) is 29.6 Å². The summed E-state index contributed by atoms with van der Waals surface area (Å²) in [6.07, 6.45) is 2.97. The van der Waals surface area contributed by atoms with Crippen molar-refractivity contribution in [3.05, 3.63) is 45.4 Å². The number of aromatic nitrogens is 1. The van der Waals surface area contributed by atoms with Gasteiger partial charge in [-0.25, -0.2) is 9.98 Å². The summed E-state index contributed by atoms with van der Waals surface area (Å²) < 4.78 is 11.6. The lowest BCUT2D eigenvalue weighted by Gasteiger charge is -2.16. The van der Waals surface area contributed by atoms with Gasteiger partial charge in [0.15, 0.2) is 5.96 Å². The minimum Gasteiger partial charge on any atom is -0.488 e. The number of hydrogen-bond donors (Lipinski definition) is 2. The highest BCUT2D eigenvalue weighted by atomic mass is 127. The van der Waals surface area contributed by atoms with Crippen LogP contribution < -0.4 is 15.4 Å². The summed E-state index contributed by atoms with van der Waals surface area (Å²) >= 11 is 1.70. The lowest BCUT2D eigenvalue weighted by Crippen LogP contribution is -2.36. The number of benzene rings is 1. The summed E-state index contributed by atoms with van der Waals surface area (Å²) in [5, 5.41) is 7.69. The molecule has 1 aliphatic rings. The number of halogens is 1. The maximum Gasteiger partial charge on any atom is 0.191 e. The first-order valence-corrected chi connectivity index (χ1v) is 10.2. The number of ether oxygens (including phenoxy) is 2. The molecule has 28 heavy (non-hydrogen) atoms. The fraction of sp³-hybridized carbons (Fsp3) is 0.500. The minimum absolute atomic E-state index is 0. The maximum atomic E-state index is 6.17. The molecular weight excluding hydrogens is 487 g/mol. The smallest absolute Gasteiger partial charge is 0.191 e. The first-order chi connectivity index (χ1) is 13.1. The van der Waals surface area contributed by atoms with Crippen molar-refractivity contribution in [1.82, 2.24) is 15.6 Å². The van der Waals surface area contributed by atoms with Crippen LogP contribution in [0.25, 0.3) is 0 Å². The van der Waals surface area contributed by atoms with Crippen LogP contribution >= 0.6 is 35.3 Å². The molecular formula is C20H29IN4O2S. The van der Waals surface area contributed by atoms with Gasteiger partial charge in [0.05, 0.1) is 26.3 Å². The first kappa shape index (κ1) is 22.9. The second-order valence-corrected chi connectivity index (χ2v) is 7.95. The average molecular weight is 516 g/mol. The summed E-state index contributed by atoms with van der Waals surface area (Å²) in [6, 6.07) is 6.28.